The van der Waals surface area contributed by atoms with Crippen molar-refractivity contribution in [3.8, 4) is 0 Å². The highest BCUT2D eigenvalue weighted by atomic mass is 35.5. The number of likely N-dealkylation sites (N-methyl/N-ethyl adjacent to an activating group) is 1. The fourth-order valence-corrected chi connectivity index (χ4v) is 1.72. The van der Waals surface area contributed by atoms with Crippen LogP contribution in [0.3, 0.4) is 0 Å². The number of nitrogen functional groups attached to an aromatic ring is 1. The summed E-state index contributed by atoms with van der Waals surface area (Å²) in [6.07, 6.45) is 4.13. The van der Waals surface area contributed by atoms with E-state index < -0.39 is 0 Å². The number of hydrogen-bond donors (Lipinski definition) is 1. The second-order valence-electron chi connectivity index (χ2n) is 4.34. The van der Waals surface area contributed by atoms with Gasteiger partial charge in [-0.05, 0) is 18.8 Å². The van der Waals surface area contributed by atoms with Crippen LogP contribution in [-0.2, 0) is 4.74 Å². The van der Waals surface area contributed by atoms with Crippen molar-refractivity contribution >= 4 is 23.4 Å². The first-order chi connectivity index (χ1) is 8.16. The van der Waals surface area contributed by atoms with E-state index in [1.807, 2.05) is 11.9 Å². The molecule has 6 heteroatoms. The van der Waals surface area contributed by atoms with Crippen molar-refractivity contribution < 1.29 is 4.74 Å². The van der Waals surface area contributed by atoms with E-state index >= 15 is 0 Å². The minimum absolute atomic E-state index is 0.232. The van der Waals surface area contributed by atoms with E-state index in [9.17, 15) is 0 Å². The van der Waals surface area contributed by atoms with Gasteiger partial charge in [0.15, 0.2) is 5.82 Å². The summed E-state index contributed by atoms with van der Waals surface area (Å²) < 4.78 is 5.56. The van der Waals surface area contributed by atoms with Gasteiger partial charge in [0.1, 0.15) is 5.02 Å². The third kappa shape index (κ3) is 3.71. The van der Waals surface area contributed by atoms with Crippen LogP contribution in [0.2, 0.25) is 5.02 Å². The van der Waals surface area contributed by atoms with Gasteiger partial charge in [-0.3, -0.25) is 0 Å². The molecule has 0 spiro atoms. The lowest BCUT2D eigenvalue weighted by Gasteiger charge is -2.19. The Morgan fingerprint density at radius 2 is 2.35 bits per heavy atom. The van der Waals surface area contributed by atoms with E-state index in [4.69, 9.17) is 22.1 Å². The van der Waals surface area contributed by atoms with Crippen molar-refractivity contribution in [1.82, 2.24) is 9.97 Å². The monoisotopic (exact) mass is 256 g/mol. The third-order valence-corrected chi connectivity index (χ3v) is 2.99. The van der Waals surface area contributed by atoms with Gasteiger partial charge < -0.3 is 15.4 Å². The molecule has 1 aromatic heterocycles. The highest BCUT2D eigenvalue weighted by Gasteiger charge is 2.21. The Labute approximate surface area is 106 Å². The van der Waals surface area contributed by atoms with E-state index in [1.165, 1.54) is 19.0 Å². The Hall–Kier alpha value is -1.07. The fourth-order valence-electron chi connectivity index (χ4n) is 1.48. The molecule has 17 heavy (non-hydrogen) atoms. The molecule has 0 atom stereocenters. The molecule has 5 nitrogen and oxygen atoms in total. The molecule has 2 N–H and O–H groups in total. The molecule has 1 aliphatic rings. The van der Waals surface area contributed by atoms with Gasteiger partial charge in [-0.25, -0.2) is 4.98 Å². The van der Waals surface area contributed by atoms with Crippen LogP contribution in [0.4, 0.5) is 11.8 Å². The Bertz CT molecular complexity index is 384. The topological polar surface area (TPSA) is 64.3 Å². The zero-order valence-corrected chi connectivity index (χ0v) is 10.7. The molecular formula is C11H17ClN4O. The van der Waals surface area contributed by atoms with Crippen LogP contribution >= 0.6 is 11.6 Å². The van der Waals surface area contributed by atoms with Crippen molar-refractivity contribution in [2.45, 2.75) is 12.8 Å². The van der Waals surface area contributed by atoms with Gasteiger partial charge in [0.2, 0.25) is 5.95 Å². The highest BCUT2D eigenvalue weighted by molar-refractivity contribution is 6.32. The molecule has 94 valence electrons. The summed E-state index contributed by atoms with van der Waals surface area (Å²) in [5, 5.41) is 0.504. The number of ether oxygens (including phenoxy) is 1. The number of aromatic nitrogens is 2. The molecule has 1 aromatic rings. The molecule has 1 saturated carbocycles. The van der Waals surface area contributed by atoms with E-state index in [0.717, 1.165) is 19.1 Å². The normalized spacial score (nSPS) is 14.9. The second kappa shape index (κ2) is 5.51. The predicted octanol–water partition coefficient (Wildman–Crippen LogP) is 1.57. The summed E-state index contributed by atoms with van der Waals surface area (Å²) in [6, 6.07) is 0. The Morgan fingerprint density at radius 3 is 3.06 bits per heavy atom. The molecular weight excluding hydrogens is 240 g/mol. The van der Waals surface area contributed by atoms with Gasteiger partial charge in [0.25, 0.3) is 0 Å². The summed E-state index contributed by atoms with van der Waals surface area (Å²) in [5.41, 5.74) is 5.53. The predicted molar refractivity (Wildman–Crippen MR) is 68.3 cm³/mol. The van der Waals surface area contributed by atoms with Gasteiger partial charge in [-0.1, -0.05) is 11.6 Å². The van der Waals surface area contributed by atoms with Crippen molar-refractivity contribution in [2.24, 2.45) is 5.92 Å². The first-order valence-corrected chi connectivity index (χ1v) is 6.11. The van der Waals surface area contributed by atoms with Crippen molar-refractivity contribution in [1.29, 1.82) is 0 Å². The molecule has 0 unspecified atom stereocenters. The Kier molecular flexibility index (Phi) is 4.02. The van der Waals surface area contributed by atoms with Gasteiger partial charge in [0, 0.05) is 20.2 Å². The van der Waals surface area contributed by atoms with E-state index in [1.54, 1.807) is 0 Å². The zero-order chi connectivity index (χ0) is 12.3. The quantitative estimate of drug-likeness (QED) is 0.783. The number of anilines is 2. The number of nitrogens with two attached hydrogens (primary N) is 1. The molecule has 1 aliphatic carbocycles. The maximum absolute atomic E-state index is 6.00. The van der Waals surface area contributed by atoms with Gasteiger partial charge in [-0.15, -0.1) is 0 Å². The van der Waals surface area contributed by atoms with Gasteiger partial charge in [0.05, 0.1) is 12.8 Å². The lowest BCUT2D eigenvalue weighted by Crippen LogP contribution is -2.24. The molecule has 1 heterocycles. The summed E-state index contributed by atoms with van der Waals surface area (Å²) in [7, 11) is 1.91. The van der Waals surface area contributed by atoms with Crippen LogP contribution < -0.4 is 10.6 Å². The van der Waals surface area contributed by atoms with Gasteiger partial charge in [-0.2, -0.15) is 4.98 Å². The van der Waals surface area contributed by atoms with Gasteiger partial charge >= 0.3 is 0 Å². The summed E-state index contributed by atoms with van der Waals surface area (Å²) in [4.78, 5) is 9.85. The molecule has 2 rings (SSSR count). The lowest BCUT2D eigenvalue weighted by atomic mass is 10.4. The van der Waals surface area contributed by atoms with Crippen LogP contribution in [0.15, 0.2) is 6.20 Å². The smallest absolute Gasteiger partial charge is 0.222 e. The summed E-state index contributed by atoms with van der Waals surface area (Å²) in [5.74, 6) is 1.67. The minimum Gasteiger partial charge on any atom is -0.379 e. The first-order valence-electron chi connectivity index (χ1n) is 5.73. The van der Waals surface area contributed by atoms with Crippen molar-refractivity contribution in [3.05, 3.63) is 11.2 Å². The van der Waals surface area contributed by atoms with Crippen LogP contribution in [0, 0.1) is 5.92 Å². The first kappa shape index (κ1) is 12.4. The molecule has 0 radical (unpaired) electrons. The van der Waals surface area contributed by atoms with Crippen molar-refractivity contribution in [2.75, 3.05) is 37.4 Å². The molecule has 0 amide bonds. The van der Waals surface area contributed by atoms with E-state index in [-0.39, 0.29) is 5.95 Å². The Balaban J connectivity index is 1.80. The number of rotatable bonds is 6. The standard InChI is InChI=1S/C11H17ClN4O/c1-16(4-5-17-7-8-2-3-8)10-9(12)6-14-11(13)15-10/h6,8H,2-5,7H2,1H3,(H2,13,14,15). The minimum atomic E-state index is 0.232. The SMILES string of the molecule is CN(CCOCC1CC1)c1nc(N)ncc1Cl. The highest BCUT2D eigenvalue weighted by Crippen LogP contribution is 2.28. The number of nitrogens with zero attached hydrogens (tertiary/aromatic N) is 3. The fraction of sp³-hybridized carbons (Fsp3) is 0.636. The zero-order valence-electron chi connectivity index (χ0n) is 9.90. The Morgan fingerprint density at radius 1 is 1.59 bits per heavy atom. The van der Waals surface area contributed by atoms with Crippen molar-refractivity contribution in [3.63, 3.8) is 0 Å². The number of hydrogen-bond acceptors (Lipinski definition) is 5. The van der Waals surface area contributed by atoms with Crippen LogP contribution in [-0.4, -0.2) is 36.8 Å². The van der Waals surface area contributed by atoms with E-state index in [2.05, 4.69) is 9.97 Å². The second-order valence-corrected chi connectivity index (χ2v) is 4.75. The average molecular weight is 257 g/mol. The van der Waals surface area contributed by atoms with Crippen LogP contribution in [0.25, 0.3) is 0 Å². The summed E-state index contributed by atoms with van der Waals surface area (Å²) >= 11 is 6.00. The van der Waals surface area contributed by atoms with Crippen LogP contribution in [0.1, 0.15) is 12.8 Å². The maximum Gasteiger partial charge on any atom is 0.222 e. The molecule has 0 aliphatic heterocycles. The molecule has 0 aromatic carbocycles. The maximum atomic E-state index is 6.00. The third-order valence-electron chi connectivity index (χ3n) is 2.73. The molecule has 1 fully saturated rings. The van der Waals surface area contributed by atoms with E-state index in [0.29, 0.717) is 17.4 Å². The summed E-state index contributed by atoms with van der Waals surface area (Å²) in [6.45, 7) is 2.28. The molecule has 0 saturated heterocycles. The lowest BCUT2D eigenvalue weighted by molar-refractivity contribution is 0.131. The largest absolute Gasteiger partial charge is 0.379 e. The molecule has 0 bridgehead atoms. The van der Waals surface area contributed by atoms with Crippen LogP contribution in [0.5, 0.6) is 0 Å². The average Bonchev–Trinajstić information content (AvgIpc) is 3.11. The number of halogens is 1.